The van der Waals surface area contributed by atoms with Crippen molar-refractivity contribution in [3.05, 3.63) is 175 Å². The number of nitrogens with zero attached hydrogens (tertiary/aromatic N) is 1. The number of rotatable bonds is 4. The van der Waals surface area contributed by atoms with E-state index in [2.05, 4.69) is 183 Å². The second kappa shape index (κ2) is 10.2. The van der Waals surface area contributed by atoms with Crippen molar-refractivity contribution in [3.8, 4) is 22.3 Å². The van der Waals surface area contributed by atoms with E-state index >= 15 is 0 Å². The predicted molar refractivity (Wildman–Crippen MR) is 197 cm³/mol. The Morgan fingerprint density at radius 3 is 1.87 bits per heavy atom. The number of hydrogen-bond donors (Lipinski definition) is 0. The van der Waals surface area contributed by atoms with Crippen LogP contribution < -0.4 is 4.90 Å². The lowest BCUT2D eigenvalue weighted by atomic mass is 9.82. The van der Waals surface area contributed by atoms with Crippen molar-refractivity contribution in [2.45, 2.75) is 19.3 Å². The molecule has 0 saturated heterocycles. The van der Waals surface area contributed by atoms with Gasteiger partial charge in [0.15, 0.2) is 0 Å². The predicted octanol–water partition coefficient (Wildman–Crippen LogP) is 12.6. The van der Waals surface area contributed by atoms with Crippen molar-refractivity contribution in [1.82, 2.24) is 0 Å². The minimum Gasteiger partial charge on any atom is -0.309 e. The summed E-state index contributed by atoms with van der Waals surface area (Å²) in [6.45, 7) is 4.71. The highest BCUT2D eigenvalue weighted by molar-refractivity contribution is 6.17. The second-order valence-electron chi connectivity index (χ2n) is 12.9. The summed E-state index contributed by atoms with van der Waals surface area (Å²) in [5, 5.41) is 7.66. The van der Waals surface area contributed by atoms with Crippen LogP contribution in [0.15, 0.2) is 164 Å². The van der Waals surface area contributed by atoms with Gasteiger partial charge in [-0.3, -0.25) is 0 Å². The molecular formula is C45H33N. The lowest BCUT2D eigenvalue weighted by Gasteiger charge is -2.31. The highest BCUT2D eigenvalue weighted by atomic mass is 15.1. The van der Waals surface area contributed by atoms with E-state index in [0.717, 1.165) is 11.4 Å². The average Bonchev–Trinajstić information content (AvgIpc) is 3.35. The molecule has 0 amide bonds. The van der Waals surface area contributed by atoms with E-state index in [1.807, 2.05) is 0 Å². The second-order valence-corrected chi connectivity index (χ2v) is 12.9. The van der Waals surface area contributed by atoms with Gasteiger partial charge in [0.2, 0.25) is 0 Å². The quantitative estimate of drug-likeness (QED) is 0.185. The summed E-state index contributed by atoms with van der Waals surface area (Å²) in [6, 6.07) is 60.2. The van der Waals surface area contributed by atoms with Gasteiger partial charge in [0, 0.05) is 22.2 Å². The molecule has 0 spiro atoms. The van der Waals surface area contributed by atoms with Gasteiger partial charge in [0.25, 0.3) is 0 Å². The van der Waals surface area contributed by atoms with Crippen LogP contribution in [0.4, 0.5) is 17.1 Å². The van der Waals surface area contributed by atoms with Crippen molar-refractivity contribution >= 4 is 49.4 Å². The number of fused-ring (bicyclic) bond motifs is 8. The highest BCUT2D eigenvalue weighted by Gasteiger charge is 2.37. The van der Waals surface area contributed by atoms with Gasteiger partial charge in [-0.2, -0.15) is 0 Å². The number of para-hydroxylation sites is 1. The van der Waals surface area contributed by atoms with Gasteiger partial charge in [-0.05, 0) is 78.8 Å². The smallest absolute Gasteiger partial charge is 0.0543 e. The van der Waals surface area contributed by atoms with E-state index in [-0.39, 0.29) is 5.41 Å². The van der Waals surface area contributed by atoms with Crippen LogP contribution in [0.1, 0.15) is 25.0 Å². The lowest BCUT2D eigenvalue weighted by molar-refractivity contribution is 0.660. The molecule has 0 aromatic heterocycles. The summed E-state index contributed by atoms with van der Waals surface area (Å²) in [5.74, 6) is 0. The fourth-order valence-electron chi connectivity index (χ4n) is 7.82. The van der Waals surface area contributed by atoms with E-state index in [9.17, 15) is 0 Å². The fraction of sp³-hybridized carbons (Fsp3) is 0.0667. The zero-order valence-electron chi connectivity index (χ0n) is 26.0. The first-order valence-electron chi connectivity index (χ1n) is 16.1. The molecule has 0 saturated carbocycles. The third-order valence-electron chi connectivity index (χ3n) is 10.0. The molecule has 8 aromatic rings. The summed E-state index contributed by atoms with van der Waals surface area (Å²) in [4.78, 5) is 2.49. The zero-order chi connectivity index (χ0) is 30.8. The van der Waals surface area contributed by atoms with Gasteiger partial charge < -0.3 is 4.90 Å². The molecule has 46 heavy (non-hydrogen) atoms. The largest absolute Gasteiger partial charge is 0.309 e. The molecule has 8 aromatic carbocycles. The van der Waals surface area contributed by atoms with Gasteiger partial charge in [0.1, 0.15) is 0 Å². The van der Waals surface area contributed by atoms with Crippen molar-refractivity contribution < 1.29 is 0 Å². The van der Waals surface area contributed by atoms with Crippen molar-refractivity contribution in [2.24, 2.45) is 0 Å². The molecule has 0 bridgehead atoms. The first-order valence-corrected chi connectivity index (χ1v) is 16.1. The third kappa shape index (κ3) is 3.95. The molecular weight excluding hydrogens is 555 g/mol. The monoisotopic (exact) mass is 587 g/mol. The number of hydrogen-bond acceptors (Lipinski definition) is 1. The van der Waals surface area contributed by atoms with E-state index in [0.29, 0.717) is 0 Å². The molecule has 9 rings (SSSR count). The highest BCUT2D eigenvalue weighted by Crippen LogP contribution is 2.55. The van der Waals surface area contributed by atoms with Crippen molar-refractivity contribution in [2.75, 3.05) is 4.90 Å². The summed E-state index contributed by atoms with van der Waals surface area (Å²) < 4.78 is 0. The summed E-state index contributed by atoms with van der Waals surface area (Å²) in [7, 11) is 0. The number of anilines is 3. The molecule has 1 heteroatoms. The normalized spacial score (nSPS) is 13.2. The molecule has 1 aliphatic carbocycles. The van der Waals surface area contributed by atoms with E-state index in [1.165, 1.54) is 71.4 Å². The molecule has 0 N–H and O–H groups in total. The Kier molecular flexibility index (Phi) is 5.92. The van der Waals surface area contributed by atoms with Crippen LogP contribution in [0.2, 0.25) is 0 Å². The van der Waals surface area contributed by atoms with Crippen LogP contribution in [0.5, 0.6) is 0 Å². The van der Waals surface area contributed by atoms with Crippen molar-refractivity contribution in [3.63, 3.8) is 0 Å². The van der Waals surface area contributed by atoms with E-state index in [1.54, 1.807) is 0 Å². The standard InChI is InChI=1S/C45H33N/c1-45(2)40-19-10-8-18-39(40)44-41(45)20-12-22-43(44)46(42-21-11-9-17-36(42)30-13-4-3-5-14-30)33-25-28-35-32(29-33)24-27-37-34-16-7-6-15-31(34)23-26-38(35)37/h3-29H,1-2H3. The molecule has 0 atom stereocenters. The van der Waals surface area contributed by atoms with Crippen LogP contribution in [0.25, 0.3) is 54.6 Å². The summed E-state index contributed by atoms with van der Waals surface area (Å²) >= 11 is 0. The van der Waals surface area contributed by atoms with Gasteiger partial charge in [-0.25, -0.2) is 0 Å². The maximum atomic E-state index is 2.49. The van der Waals surface area contributed by atoms with Crippen LogP contribution >= 0.6 is 0 Å². The molecule has 0 aliphatic heterocycles. The molecule has 0 radical (unpaired) electrons. The molecule has 1 aliphatic rings. The average molecular weight is 588 g/mol. The summed E-state index contributed by atoms with van der Waals surface area (Å²) in [6.07, 6.45) is 0. The minimum atomic E-state index is -0.0857. The molecule has 0 fully saturated rings. The first kappa shape index (κ1) is 26.7. The van der Waals surface area contributed by atoms with Crippen LogP contribution in [-0.2, 0) is 5.41 Å². The van der Waals surface area contributed by atoms with Crippen LogP contribution in [0, 0.1) is 0 Å². The van der Waals surface area contributed by atoms with Gasteiger partial charge >= 0.3 is 0 Å². The van der Waals surface area contributed by atoms with E-state index in [4.69, 9.17) is 0 Å². The van der Waals surface area contributed by atoms with E-state index < -0.39 is 0 Å². The van der Waals surface area contributed by atoms with Crippen LogP contribution in [0.3, 0.4) is 0 Å². The zero-order valence-corrected chi connectivity index (χ0v) is 26.0. The third-order valence-corrected chi connectivity index (χ3v) is 10.0. The van der Waals surface area contributed by atoms with Gasteiger partial charge in [-0.1, -0.05) is 153 Å². The summed E-state index contributed by atoms with van der Waals surface area (Å²) in [5.41, 5.74) is 11.2. The topological polar surface area (TPSA) is 3.24 Å². The Morgan fingerprint density at radius 1 is 0.413 bits per heavy atom. The molecule has 218 valence electrons. The Bertz CT molecular complexity index is 2450. The molecule has 1 nitrogen and oxygen atoms in total. The van der Waals surface area contributed by atoms with Crippen LogP contribution in [-0.4, -0.2) is 0 Å². The fourth-order valence-corrected chi connectivity index (χ4v) is 7.82. The Morgan fingerprint density at radius 2 is 1.02 bits per heavy atom. The molecule has 0 unspecified atom stereocenters. The Hall–Kier alpha value is -5.66. The Labute approximate surface area is 270 Å². The first-order chi connectivity index (χ1) is 22.6. The van der Waals surface area contributed by atoms with Gasteiger partial charge in [0.05, 0.1) is 11.4 Å². The maximum Gasteiger partial charge on any atom is 0.0543 e. The Balaban J connectivity index is 1.33. The van der Waals surface area contributed by atoms with Crippen molar-refractivity contribution in [1.29, 1.82) is 0 Å². The SMILES string of the molecule is CC1(C)c2ccccc2-c2c(N(c3ccc4c(ccc5c6ccccc6ccc45)c3)c3ccccc3-c3ccccc3)cccc21. The lowest BCUT2D eigenvalue weighted by Crippen LogP contribution is -2.16. The maximum absolute atomic E-state index is 2.49. The van der Waals surface area contributed by atoms with Gasteiger partial charge in [-0.15, -0.1) is 0 Å². The number of benzene rings is 8. The minimum absolute atomic E-state index is 0.0857. The molecule has 0 heterocycles.